The van der Waals surface area contributed by atoms with Gasteiger partial charge in [0.25, 0.3) is 0 Å². The Kier molecular flexibility index (Phi) is 3.69. The van der Waals surface area contributed by atoms with E-state index in [-0.39, 0.29) is 11.1 Å². The number of hydrogen-bond donors (Lipinski definition) is 1. The van der Waals surface area contributed by atoms with E-state index in [4.69, 9.17) is 11.6 Å². The first-order valence-electron chi connectivity index (χ1n) is 4.70. The van der Waals surface area contributed by atoms with Crippen molar-refractivity contribution in [1.82, 2.24) is 9.97 Å². The number of halogens is 2. The van der Waals surface area contributed by atoms with Gasteiger partial charge in [-0.15, -0.1) is 11.3 Å². The van der Waals surface area contributed by atoms with Gasteiger partial charge < -0.3 is 5.32 Å². The number of rotatable bonds is 4. The molecule has 0 saturated heterocycles. The molecule has 0 aromatic carbocycles. The third-order valence-corrected chi connectivity index (χ3v) is 3.08. The van der Waals surface area contributed by atoms with Gasteiger partial charge >= 0.3 is 0 Å². The summed E-state index contributed by atoms with van der Waals surface area (Å²) in [5.41, 5.74) is 0. The average molecular weight is 258 g/mol. The third kappa shape index (κ3) is 2.90. The topological polar surface area (TPSA) is 37.8 Å². The van der Waals surface area contributed by atoms with Crippen molar-refractivity contribution in [3.63, 3.8) is 0 Å². The first kappa shape index (κ1) is 11.3. The van der Waals surface area contributed by atoms with Crippen LogP contribution in [0.4, 0.5) is 10.2 Å². The molecule has 1 N–H and O–H groups in total. The lowest BCUT2D eigenvalue weighted by molar-refractivity contribution is 0.616. The van der Waals surface area contributed by atoms with Gasteiger partial charge in [-0.1, -0.05) is 6.07 Å². The Bertz CT molecular complexity index is 461. The first-order valence-corrected chi connectivity index (χ1v) is 5.96. The standard InChI is InChI=1S/C10H9ClFN3S/c11-10-14-6-8(12)9(15-10)13-4-3-7-2-1-5-16-7/h1-2,5-6H,3-4H2,(H,13,14,15). The molecule has 0 fully saturated rings. The van der Waals surface area contributed by atoms with E-state index in [0.29, 0.717) is 6.54 Å². The molecule has 16 heavy (non-hydrogen) atoms. The predicted molar refractivity (Wildman–Crippen MR) is 63.5 cm³/mol. The van der Waals surface area contributed by atoms with Crippen LogP contribution in [0.2, 0.25) is 5.28 Å². The molecule has 0 spiro atoms. The Labute approximate surface area is 101 Å². The zero-order valence-electron chi connectivity index (χ0n) is 8.28. The molecule has 0 aliphatic rings. The minimum absolute atomic E-state index is 0.0417. The Balaban J connectivity index is 1.92. The second-order valence-electron chi connectivity index (χ2n) is 3.09. The van der Waals surface area contributed by atoms with Gasteiger partial charge in [-0.3, -0.25) is 0 Å². The van der Waals surface area contributed by atoms with Crippen LogP contribution < -0.4 is 5.32 Å². The van der Waals surface area contributed by atoms with Gasteiger partial charge in [0.2, 0.25) is 5.28 Å². The van der Waals surface area contributed by atoms with E-state index in [1.165, 1.54) is 4.88 Å². The summed E-state index contributed by atoms with van der Waals surface area (Å²) in [5, 5.41) is 4.94. The minimum Gasteiger partial charge on any atom is -0.367 e. The summed E-state index contributed by atoms with van der Waals surface area (Å²) in [6.45, 7) is 0.616. The smallest absolute Gasteiger partial charge is 0.224 e. The fraction of sp³-hybridized carbons (Fsp3) is 0.200. The number of nitrogens with one attached hydrogen (secondary N) is 1. The van der Waals surface area contributed by atoms with Crippen LogP contribution in [0.25, 0.3) is 0 Å². The number of thiophene rings is 1. The van der Waals surface area contributed by atoms with Gasteiger partial charge in [0.05, 0.1) is 6.20 Å². The van der Waals surface area contributed by atoms with Crippen LogP contribution in [0.15, 0.2) is 23.7 Å². The van der Waals surface area contributed by atoms with E-state index >= 15 is 0 Å². The lowest BCUT2D eigenvalue weighted by atomic mass is 10.3. The van der Waals surface area contributed by atoms with Gasteiger partial charge in [-0.25, -0.2) is 9.37 Å². The monoisotopic (exact) mass is 257 g/mol. The molecule has 84 valence electrons. The van der Waals surface area contributed by atoms with E-state index in [1.54, 1.807) is 11.3 Å². The first-order chi connectivity index (χ1) is 7.75. The Hall–Kier alpha value is -1.20. The Morgan fingerprint density at radius 2 is 2.38 bits per heavy atom. The summed E-state index contributed by atoms with van der Waals surface area (Å²) in [4.78, 5) is 8.55. The molecule has 0 amide bonds. The molecule has 2 aromatic rings. The molecule has 0 unspecified atom stereocenters. The second kappa shape index (κ2) is 5.23. The predicted octanol–water partition coefficient (Wildman–Crippen LogP) is 2.99. The molecular formula is C10H9ClFN3S. The molecule has 0 aliphatic carbocycles. The van der Waals surface area contributed by atoms with Crippen LogP contribution in [-0.4, -0.2) is 16.5 Å². The largest absolute Gasteiger partial charge is 0.367 e. The number of hydrogen-bond acceptors (Lipinski definition) is 4. The molecule has 0 atom stereocenters. The van der Waals surface area contributed by atoms with Gasteiger partial charge in [0, 0.05) is 11.4 Å². The summed E-state index contributed by atoms with van der Waals surface area (Å²) in [6.07, 6.45) is 1.89. The molecule has 3 nitrogen and oxygen atoms in total. The van der Waals surface area contributed by atoms with Crippen LogP contribution in [0.5, 0.6) is 0 Å². The maximum atomic E-state index is 13.2. The van der Waals surface area contributed by atoms with Crippen LogP contribution in [0, 0.1) is 5.82 Å². The number of nitrogens with zero attached hydrogens (tertiary/aromatic N) is 2. The van der Waals surface area contributed by atoms with Crippen molar-refractivity contribution in [3.8, 4) is 0 Å². The lowest BCUT2D eigenvalue weighted by Crippen LogP contribution is -2.08. The van der Waals surface area contributed by atoms with Crippen molar-refractivity contribution in [2.24, 2.45) is 0 Å². The summed E-state index contributed by atoms with van der Waals surface area (Å²) >= 11 is 7.24. The Morgan fingerprint density at radius 1 is 1.50 bits per heavy atom. The van der Waals surface area contributed by atoms with E-state index in [2.05, 4.69) is 15.3 Å². The van der Waals surface area contributed by atoms with Crippen LogP contribution >= 0.6 is 22.9 Å². The molecule has 0 bridgehead atoms. The van der Waals surface area contributed by atoms with E-state index in [1.807, 2.05) is 17.5 Å². The van der Waals surface area contributed by atoms with Crippen molar-refractivity contribution in [2.75, 3.05) is 11.9 Å². The highest BCUT2D eigenvalue weighted by atomic mass is 35.5. The second-order valence-corrected chi connectivity index (χ2v) is 4.46. The van der Waals surface area contributed by atoms with Gasteiger partial charge in [0.15, 0.2) is 11.6 Å². The SMILES string of the molecule is Fc1cnc(Cl)nc1NCCc1cccs1. The van der Waals surface area contributed by atoms with Gasteiger partial charge in [-0.05, 0) is 29.5 Å². The van der Waals surface area contributed by atoms with Gasteiger partial charge in [0.1, 0.15) is 0 Å². The van der Waals surface area contributed by atoms with E-state index < -0.39 is 5.82 Å². The lowest BCUT2D eigenvalue weighted by Gasteiger charge is -2.05. The van der Waals surface area contributed by atoms with Crippen molar-refractivity contribution >= 4 is 28.8 Å². The highest BCUT2D eigenvalue weighted by Crippen LogP contribution is 2.13. The zero-order valence-corrected chi connectivity index (χ0v) is 9.85. The molecule has 0 radical (unpaired) electrons. The molecule has 0 saturated carbocycles. The summed E-state index contributed by atoms with van der Waals surface area (Å²) in [5.74, 6) is -0.341. The maximum absolute atomic E-state index is 13.2. The van der Waals surface area contributed by atoms with Crippen molar-refractivity contribution in [2.45, 2.75) is 6.42 Å². The van der Waals surface area contributed by atoms with Crippen molar-refractivity contribution < 1.29 is 4.39 Å². The summed E-state index contributed by atoms with van der Waals surface area (Å²) < 4.78 is 13.2. The minimum atomic E-state index is -0.490. The average Bonchev–Trinajstić information content (AvgIpc) is 2.76. The number of aromatic nitrogens is 2. The summed E-state index contributed by atoms with van der Waals surface area (Å²) in [6, 6.07) is 4.03. The molecular weight excluding hydrogens is 249 g/mol. The molecule has 2 heterocycles. The normalized spacial score (nSPS) is 10.4. The van der Waals surface area contributed by atoms with Crippen molar-refractivity contribution in [3.05, 3.63) is 39.7 Å². The maximum Gasteiger partial charge on any atom is 0.224 e. The number of anilines is 1. The van der Waals surface area contributed by atoms with Crippen molar-refractivity contribution in [1.29, 1.82) is 0 Å². The van der Waals surface area contributed by atoms with E-state index in [0.717, 1.165) is 12.6 Å². The molecule has 6 heteroatoms. The highest BCUT2D eigenvalue weighted by Gasteiger charge is 2.04. The molecule has 2 rings (SSSR count). The Morgan fingerprint density at radius 3 is 3.12 bits per heavy atom. The summed E-state index contributed by atoms with van der Waals surface area (Å²) in [7, 11) is 0. The van der Waals surface area contributed by atoms with Crippen LogP contribution in [0.3, 0.4) is 0 Å². The van der Waals surface area contributed by atoms with Crippen LogP contribution in [-0.2, 0) is 6.42 Å². The third-order valence-electron chi connectivity index (χ3n) is 1.96. The van der Waals surface area contributed by atoms with Gasteiger partial charge in [-0.2, -0.15) is 4.98 Å². The molecule has 2 aromatic heterocycles. The van der Waals surface area contributed by atoms with E-state index in [9.17, 15) is 4.39 Å². The van der Waals surface area contributed by atoms with Crippen LogP contribution in [0.1, 0.15) is 4.88 Å². The molecule has 0 aliphatic heterocycles. The highest BCUT2D eigenvalue weighted by molar-refractivity contribution is 7.09. The fourth-order valence-electron chi connectivity index (χ4n) is 1.23. The quantitative estimate of drug-likeness (QED) is 0.856. The zero-order chi connectivity index (χ0) is 11.4. The fourth-order valence-corrected chi connectivity index (χ4v) is 2.07.